The molecule has 2 N–H and O–H groups in total. The SMILES string of the molecule is OCC1OC(c2cnc(F)cc2F)CC1O. The van der Waals surface area contributed by atoms with Crippen molar-refractivity contribution in [3.05, 3.63) is 29.6 Å². The molecule has 2 heterocycles. The molecule has 1 saturated heterocycles. The third-order valence-corrected chi connectivity index (χ3v) is 2.60. The fourth-order valence-corrected chi connectivity index (χ4v) is 1.75. The highest BCUT2D eigenvalue weighted by atomic mass is 19.1. The van der Waals surface area contributed by atoms with Crippen LogP contribution < -0.4 is 0 Å². The van der Waals surface area contributed by atoms with Gasteiger partial charge >= 0.3 is 0 Å². The molecule has 0 radical (unpaired) electrons. The Bertz CT molecular complexity index is 388. The number of pyridine rings is 1. The van der Waals surface area contributed by atoms with Crippen LogP contribution in [0.2, 0.25) is 0 Å². The van der Waals surface area contributed by atoms with Crippen molar-refractivity contribution in [1.29, 1.82) is 0 Å². The van der Waals surface area contributed by atoms with Crippen molar-refractivity contribution in [3.8, 4) is 0 Å². The van der Waals surface area contributed by atoms with Gasteiger partial charge in [0.1, 0.15) is 11.9 Å². The quantitative estimate of drug-likeness (QED) is 0.729. The molecule has 0 aliphatic carbocycles. The lowest BCUT2D eigenvalue weighted by Gasteiger charge is -2.12. The molecule has 1 aromatic rings. The maximum absolute atomic E-state index is 13.4. The summed E-state index contributed by atoms with van der Waals surface area (Å²) < 4.78 is 31.2. The first kappa shape index (κ1) is 11.4. The zero-order valence-corrected chi connectivity index (χ0v) is 8.31. The molecule has 0 aromatic carbocycles. The fourth-order valence-electron chi connectivity index (χ4n) is 1.75. The van der Waals surface area contributed by atoms with Crippen LogP contribution in [0.25, 0.3) is 0 Å². The summed E-state index contributed by atoms with van der Waals surface area (Å²) in [6, 6.07) is 0.664. The zero-order valence-electron chi connectivity index (χ0n) is 8.31. The second-order valence-corrected chi connectivity index (χ2v) is 3.68. The van der Waals surface area contributed by atoms with Crippen LogP contribution in [0.3, 0.4) is 0 Å². The van der Waals surface area contributed by atoms with Gasteiger partial charge < -0.3 is 14.9 Å². The van der Waals surface area contributed by atoms with Crippen LogP contribution >= 0.6 is 0 Å². The van der Waals surface area contributed by atoms with E-state index in [1.54, 1.807) is 0 Å². The first-order valence-electron chi connectivity index (χ1n) is 4.87. The number of nitrogens with zero attached hydrogens (tertiary/aromatic N) is 1. The average molecular weight is 231 g/mol. The van der Waals surface area contributed by atoms with E-state index in [1.165, 1.54) is 0 Å². The van der Waals surface area contributed by atoms with E-state index in [0.29, 0.717) is 6.07 Å². The second kappa shape index (κ2) is 4.40. The number of rotatable bonds is 2. The minimum absolute atomic E-state index is 0.0939. The molecule has 0 bridgehead atoms. The standard InChI is InChI=1S/C10H11F2NO3/c11-6-1-10(12)13-3-5(6)8-2-7(15)9(4-14)16-8/h1,3,7-9,14-15H,2,4H2. The Kier molecular flexibility index (Phi) is 3.13. The van der Waals surface area contributed by atoms with Gasteiger partial charge in [0.2, 0.25) is 5.95 Å². The van der Waals surface area contributed by atoms with Crippen LogP contribution in [-0.4, -0.2) is 34.0 Å². The first-order valence-corrected chi connectivity index (χ1v) is 4.87. The molecule has 3 atom stereocenters. The average Bonchev–Trinajstić information content (AvgIpc) is 2.59. The molecule has 88 valence electrons. The van der Waals surface area contributed by atoms with E-state index in [-0.39, 0.29) is 18.6 Å². The van der Waals surface area contributed by atoms with Gasteiger partial charge in [-0.25, -0.2) is 9.37 Å². The van der Waals surface area contributed by atoms with E-state index in [1.807, 2.05) is 0 Å². The summed E-state index contributed by atoms with van der Waals surface area (Å²) in [5.41, 5.74) is 0.0939. The summed E-state index contributed by atoms with van der Waals surface area (Å²) in [5.74, 6) is -1.67. The van der Waals surface area contributed by atoms with Gasteiger partial charge in [-0.3, -0.25) is 0 Å². The van der Waals surface area contributed by atoms with Crippen LogP contribution in [0.5, 0.6) is 0 Å². The number of ether oxygens (including phenoxy) is 1. The van der Waals surface area contributed by atoms with Gasteiger partial charge in [0.25, 0.3) is 0 Å². The van der Waals surface area contributed by atoms with Crippen molar-refractivity contribution in [2.24, 2.45) is 0 Å². The molecule has 3 unspecified atom stereocenters. The predicted octanol–water partition coefficient (Wildman–Crippen LogP) is 0.543. The Morgan fingerprint density at radius 2 is 2.25 bits per heavy atom. The van der Waals surface area contributed by atoms with E-state index in [2.05, 4.69) is 4.98 Å². The topological polar surface area (TPSA) is 62.6 Å². The summed E-state index contributed by atoms with van der Waals surface area (Å²) in [5, 5.41) is 18.3. The summed E-state index contributed by atoms with van der Waals surface area (Å²) in [6.45, 7) is -0.339. The normalized spacial score (nSPS) is 29.6. The second-order valence-electron chi connectivity index (χ2n) is 3.68. The van der Waals surface area contributed by atoms with Gasteiger partial charge in [0, 0.05) is 24.2 Å². The summed E-state index contributed by atoms with van der Waals surface area (Å²) in [6.07, 6.45) is -1.06. The van der Waals surface area contributed by atoms with E-state index < -0.39 is 30.1 Å². The third kappa shape index (κ3) is 2.04. The molecule has 0 saturated carbocycles. The molecular weight excluding hydrogens is 220 g/mol. The Morgan fingerprint density at radius 3 is 2.81 bits per heavy atom. The van der Waals surface area contributed by atoms with E-state index in [4.69, 9.17) is 9.84 Å². The molecule has 6 heteroatoms. The lowest BCUT2D eigenvalue weighted by atomic mass is 10.1. The van der Waals surface area contributed by atoms with Crippen LogP contribution in [0.1, 0.15) is 18.1 Å². The molecule has 0 amide bonds. The maximum Gasteiger partial charge on any atom is 0.215 e. The van der Waals surface area contributed by atoms with E-state index >= 15 is 0 Å². The molecule has 16 heavy (non-hydrogen) atoms. The van der Waals surface area contributed by atoms with Crippen LogP contribution in [-0.2, 0) is 4.74 Å². The van der Waals surface area contributed by atoms with E-state index in [9.17, 15) is 13.9 Å². The lowest BCUT2D eigenvalue weighted by Crippen LogP contribution is -2.24. The molecule has 1 fully saturated rings. The van der Waals surface area contributed by atoms with Crippen molar-refractivity contribution >= 4 is 0 Å². The molecule has 1 aromatic heterocycles. The number of hydrogen-bond acceptors (Lipinski definition) is 4. The number of aliphatic hydroxyl groups excluding tert-OH is 2. The van der Waals surface area contributed by atoms with Crippen LogP contribution in [0, 0.1) is 11.8 Å². The van der Waals surface area contributed by atoms with Gasteiger partial charge in [0.05, 0.1) is 18.8 Å². The first-order chi connectivity index (χ1) is 7.61. The zero-order chi connectivity index (χ0) is 11.7. The van der Waals surface area contributed by atoms with Gasteiger partial charge in [-0.05, 0) is 0 Å². The third-order valence-electron chi connectivity index (χ3n) is 2.60. The summed E-state index contributed by atoms with van der Waals surface area (Å²) in [7, 11) is 0. The highest BCUT2D eigenvalue weighted by Crippen LogP contribution is 2.33. The Labute approximate surface area is 90.5 Å². The van der Waals surface area contributed by atoms with Gasteiger partial charge in [-0.2, -0.15) is 4.39 Å². The maximum atomic E-state index is 13.4. The Balaban J connectivity index is 2.20. The molecular formula is C10H11F2NO3. The van der Waals surface area contributed by atoms with Crippen molar-refractivity contribution in [1.82, 2.24) is 4.98 Å². The fraction of sp³-hybridized carbons (Fsp3) is 0.500. The molecule has 4 nitrogen and oxygen atoms in total. The minimum Gasteiger partial charge on any atom is -0.394 e. The van der Waals surface area contributed by atoms with Gasteiger partial charge in [-0.1, -0.05) is 0 Å². The molecule has 0 spiro atoms. The Hall–Kier alpha value is -1.11. The highest BCUT2D eigenvalue weighted by Gasteiger charge is 2.35. The number of hydrogen-bond donors (Lipinski definition) is 2. The van der Waals surface area contributed by atoms with Crippen molar-refractivity contribution in [3.63, 3.8) is 0 Å². The Morgan fingerprint density at radius 1 is 1.50 bits per heavy atom. The van der Waals surface area contributed by atoms with Crippen molar-refractivity contribution < 1.29 is 23.7 Å². The predicted molar refractivity (Wildman–Crippen MR) is 49.5 cm³/mol. The smallest absolute Gasteiger partial charge is 0.215 e. The van der Waals surface area contributed by atoms with Gasteiger partial charge in [0.15, 0.2) is 0 Å². The van der Waals surface area contributed by atoms with Crippen molar-refractivity contribution in [2.75, 3.05) is 6.61 Å². The molecule has 1 aliphatic heterocycles. The monoisotopic (exact) mass is 231 g/mol. The highest BCUT2D eigenvalue weighted by molar-refractivity contribution is 5.17. The van der Waals surface area contributed by atoms with Crippen LogP contribution in [0.4, 0.5) is 8.78 Å². The van der Waals surface area contributed by atoms with Crippen LogP contribution in [0.15, 0.2) is 12.3 Å². The summed E-state index contributed by atoms with van der Waals surface area (Å²) in [4.78, 5) is 3.33. The lowest BCUT2D eigenvalue weighted by molar-refractivity contribution is -0.0234. The van der Waals surface area contributed by atoms with Gasteiger partial charge in [-0.15, -0.1) is 0 Å². The molecule has 1 aliphatic rings. The van der Waals surface area contributed by atoms with E-state index in [0.717, 1.165) is 6.20 Å². The molecule has 2 rings (SSSR count). The van der Waals surface area contributed by atoms with Crippen molar-refractivity contribution in [2.45, 2.75) is 24.7 Å². The minimum atomic E-state index is -0.904. The number of halogens is 2. The number of aliphatic hydroxyl groups is 2. The summed E-state index contributed by atoms with van der Waals surface area (Å²) >= 11 is 0. The largest absolute Gasteiger partial charge is 0.394 e. The number of aromatic nitrogens is 1.